The molecule has 4 heteroatoms. The van der Waals surface area contributed by atoms with Crippen molar-refractivity contribution in [1.29, 1.82) is 0 Å². The zero-order valence-electron chi connectivity index (χ0n) is 16.2. The van der Waals surface area contributed by atoms with Gasteiger partial charge in [0.05, 0.1) is 6.61 Å². The summed E-state index contributed by atoms with van der Waals surface area (Å²) < 4.78 is 5.51. The minimum absolute atomic E-state index is 0.250. The molecule has 2 atom stereocenters. The Bertz CT molecular complexity index is 636. The zero-order chi connectivity index (χ0) is 18.1. The lowest BCUT2D eigenvalue weighted by Gasteiger charge is -2.30. The summed E-state index contributed by atoms with van der Waals surface area (Å²) >= 11 is 0. The normalized spacial score (nSPS) is 29.0. The van der Waals surface area contributed by atoms with Crippen LogP contribution in [0.5, 0.6) is 0 Å². The molecule has 1 aliphatic carbocycles. The summed E-state index contributed by atoms with van der Waals surface area (Å²) in [5.74, 6) is 1.41. The Morgan fingerprint density at radius 2 is 1.96 bits per heavy atom. The van der Waals surface area contributed by atoms with Crippen LogP contribution in [0.2, 0.25) is 0 Å². The fourth-order valence-electron chi connectivity index (χ4n) is 5.56. The van der Waals surface area contributed by atoms with E-state index in [4.69, 9.17) is 4.74 Å². The van der Waals surface area contributed by atoms with Crippen molar-refractivity contribution in [3.8, 4) is 0 Å². The first-order valence-electron chi connectivity index (χ1n) is 10.2. The Morgan fingerprint density at radius 1 is 1.23 bits per heavy atom. The highest BCUT2D eigenvalue weighted by Gasteiger charge is 2.50. The molecule has 0 unspecified atom stereocenters. The van der Waals surface area contributed by atoms with E-state index in [1.54, 1.807) is 7.11 Å². The van der Waals surface area contributed by atoms with Gasteiger partial charge in [0.25, 0.3) is 0 Å². The van der Waals surface area contributed by atoms with Crippen LogP contribution in [0.3, 0.4) is 0 Å². The van der Waals surface area contributed by atoms with E-state index in [-0.39, 0.29) is 5.41 Å². The third-order valence-corrected chi connectivity index (χ3v) is 7.04. The standard InChI is InChI=1S/C22H32N2O2/c1-3-23-13-20(14-26-2)22(15-23)8-9-24(16-22)21(25)12-17-10-18-6-4-5-7-19(18)11-17/h4-7,17,20H,3,8-16H2,1-2H3/t20-,22+/m1/s1. The minimum Gasteiger partial charge on any atom is -0.384 e. The number of hydrogen-bond donors (Lipinski definition) is 0. The fourth-order valence-corrected chi connectivity index (χ4v) is 5.56. The van der Waals surface area contributed by atoms with Gasteiger partial charge in [-0.2, -0.15) is 0 Å². The maximum Gasteiger partial charge on any atom is 0.222 e. The van der Waals surface area contributed by atoms with E-state index in [9.17, 15) is 4.79 Å². The van der Waals surface area contributed by atoms with Crippen molar-refractivity contribution in [2.24, 2.45) is 17.3 Å². The minimum atomic E-state index is 0.250. The molecule has 1 aromatic carbocycles. The Labute approximate surface area is 157 Å². The molecule has 2 heterocycles. The number of ether oxygens (including phenoxy) is 1. The van der Waals surface area contributed by atoms with Crippen molar-refractivity contribution in [2.45, 2.75) is 32.6 Å². The Hall–Kier alpha value is -1.39. The number of carbonyl (C=O) groups excluding carboxylic acids is 1. The summed E-state index contributed by atoms with van der Waals surface area (Å²) in [6.07, 6.45) is 3.97. The molecule has 142 valence electrons. The summed E-state index contributed by atoms with van der Waals surface area (Å²) in [7, 11) is 1.80. The molecule has 1 spiro atoms. The Balaban J connectivity index is 1.37. The summed E-state index contributed by atoms with van der Waals surface area (Å²) in [5, 5.41) is 0. The van der Waals surface area contributed by atoms with Crippen molar-refractivity contribution < 1.29 is 9.53 Å². The first-order valence-corrected chi connectivity index (χ1v) is 10.2. The summed E-state index contributed by atoms with van der Waals surface area (Å²) in [6.45, 7) is 8.23. The van der Waals surface area contributed by atoms with E-state index in [1.165, 1.54) is 11.1 Å². The lowest BCUT2D eigenvalue weighted by Crippen LogP contribution is -2.38. The number of methoxy groups -OCH3 is 1. The van der Waals surface area contributed by atoms with E-state index >= 15 is 0 Å². The van der Waals surface area contributed by atoms with Crippen LogP contribution in [0.25, 0.3) is 0 Å². The highest BCUT2D eigenvalue weighted by Crippen LogP contribution is 2.44. The van der Waals surface area contributed by atoms with Gasteiger partial charge in [0.15, 0.2) is 0 Å². The summed E-state index contributed by atoms with van der Waals surface area (Å²) in [4.78, 5) is 17.7. The quantitative estimate of drug-likeness (QED) is 0.813. The Kier molecular flexibility index (Phi) is 5.07. The second kappa shape index (κ2) is 7.32. The highest BCUT2D eigenvalue weighted by molar-refractivity contribution is 5.77. The van der Waals surface area contributed by atoms with Crippen molar-refractivity contribution in [3.63, 3.8) is 0 Å². The molecule has 0 aromatic heterocycles. The molecule has 0 radical (unpaired) electrons. The maximum atomic E-state index is 13.0. The molecule has 0 N–H and O–H groups in total. The second-order valence-corrected chi connectivity index (χ2v) is 8.65. The molecule has 2 aliphatic heterocycles. The molecule has 1 amide bonds. The van der Waals surface area contributed by atoms with Crippen molar-refractivity contribution in [1.82, 2.24) is 9.80 Å². The predicted octanol–water partition coefficient (Wildman–Crippen LogP) is 2.61. The van der Waals surface area contributed by atoms with Crippen LogP contribution in [-0.2, 0) is 22.4 Å². The molecule has 3 aliphatic rings. The zero-order valence-corrected chi connectivity index (χ0v) is 16.2. The smallest absolute Gasteiger partial charge is 0.222 e. The van der Waals surface area contributed by atoms with Crippen molar-refractivity contribution >= 4 is 5.91 Å². The van der Waals surface area contributed by atoms with Gasteiger partial charge in [-0.05, 0) is 42.9 Å². The molecule has 26 heavy (non-hydrogen) atoms. The molecule has 4 rings (SSSR count). The monoisotopic (exact) mass is 356 g/mol. The molecule has 0 bridgehead atoms. The van der Waals surface area contributed by atoms with Gasteiger partial charge >= 0.3 is 0 Å². The number of fused-ring (bicyclic) bond motifs is 1. The highest BCUT2D eigenvalue weighted by atomic mass is 16.5. The van der Waals surface area contributed by atoms with E-state index in [2.05, 4.69) is 41.0 Å². The molecule has 4 nitrogen and oxygen atoms in total. The van der Waals surface area contributed by atoms with Gasteiger partial charge < -0.3 is 14.5 Å². The van der Waals surface area contributed by atoms with Crippen molar-refractivity contribution in [3.05, 3.63) is 35.4 Å². The number of amides is 1. The van der Waals surface area contributed by atoms with Crippen LogP contribution >= 0.6 is 0 Å². The number of carbonyl (C=O) groups is 1. The summed E-state index contributed by atoms with van der Waals surface area (Å²) in [5.41, 5.74) is 3.14. The number of rotatable bonds is 5. The largest absolute Gasteiger partial charge is 0.384 e. The number of benzene rings is 1. The topological polar surface area (TPSA) is 32.8 Å². The predicted molar refractivity (Wildman–Crippen MR) is 103 cm³/mol. The van der Waals surface area contributed by atoms with Gasteiger partial charge in [-0.25, -0.2) is 0 Å². The SMILES string of the molecule is CCN1C[C@H](COC)[C@@]2(CCN(C(=O)CC3Cc4ccccc4C3)C2)C1. The van der Waals surface area contributed by atoms with Gasteiger partial charge in [0, 0.05) is 51.0 Å². The average molecular weight is 357 g/mol. The first kappa shape index (κ1) is 18.0. The van der Waals surface area contributed by atoms with Crippen LogP contribution in [0, 0.1) is 17.3 Å². The number of likely N-dealkylation sites (tertiary alicyclic amines) is 2. The van der Waals surface area contributed by atoms with Gasteiger partial charge in [-0.3, -0.25) is 4.79 Å². The first-order chi connectivity index (χ1) is 12.6. The molecular weight excluding hydrogens is 324 g/mol. The third kappa shape index (κ3) is 3.29. The lowest BCUT2D eigenvalue weighted by atomic mass is 9.77. The van der Waals surface area contributed by atoms with E-state index in [0.29, 0.717) is 24.2 Å². The van der Waals surface area contributed by atoms with Crippen LogP contribution in [0.4, 0.5) is 0 Å². The van der Waals surface area contributed by atoms with E-state index in [0.717, 1.165) is 58.6 Å². The third-order valence-electron chi connectivity index (χ3n) is 7.04. The number of hydrogen-bond acceptors (Lipinski definition) is 3. The van der Waals surface area contributed by atoms with Gasteiger partial charge in [0.1, 0.15) is 0 Å². The molecule has 2 saturated heterocycles. The van der Waals surface area contributed by atoms with Crippen LogP contribution in [-0.4, -0.2) is 62.1 Å². The molecule has 1 aromatic rings. The molecule has 0 saturated carbocycles. The second-order valence-electron chi connectivity index (χ2n) is 8.65. The van der Waals surface area contributed by atoms with Crippen LogP contribution in [0.1, 0.15) is 30.9 Å². The maximum absolute atomic E-state index is 13.0. The molecule has 2 fully saturated rings. The van der Waals surface area contributed by atoms with Gasteiger partial charge in [-0.15, -0.1) is 0 Å². The summed E-state index contributed by atoms with van der Waals surface area (Å²) in [6, 6.07) is 8.67. The molecular formula is C22H32N2O2. The van der Waals surface area contributed by atoms with Crippen molar-refractivity contribution in [2.75, 3.05) is 46.4 Å². The number of nitrogens with zero attached hydrogens (tertiary/aromatic N) is 2. The van der Waals surface area contributed by atoms with E-state index < -0.39 is 0 Å². The fraction of sp³-hybridized carbons (Fsp3) is 0.682. The Morgan fingerprint density at radius 3 is 2.62 bits per heavy atom. The van der Waals surface area contributed by atoms with Gasteiger partial charge in [0.2, 0.25) is 5.91 Å². The van der Waals surface area contributed by atoms with Gasteiger partial charge in [-0.1, -0.05) is 31.2 Å². The lowest BCUT2D eigenvalue weighted by molar-refractivity contribution is -0.131. The van der Waals surface area contributed by atoms with Crippen LogP contribution < -0.4 is 0 Å². The van der Waals surface area contributed by atoms with Crippen LogP contribution in [0.15, 0.2) is 24.3 Å². The average Bonchev–Trinajstić information content (AvgIpc) is 3.33. The van der Waals surface area contributed by atoms with E-state index in [1.807, 2.05) is 0 Å².